The Kier molecular flexibility index (Phi) is 25.7. The van der Waals surface area contributed by atoms with Crippen molar-refractivity contribution in [3.05, 3.63) is 308 Å². The summed E-state index contributed by atoms with van der Waals surface area (Å²) < 4.78 is 41.2. The molecule has 0 saturated heterocycles. The van der Waals surface area contributed by atoms with Crippen molar-refractivity contribution in [2.24, 2.45) is 0 Å². The van der Waals surface area contributed by atoms with Crippen LogP contribution in [0.2, 0.25) is 0 Å². The van der Waals surface area contributed by atoms with Gasteiger partial charge in [0.05, 0.1) is 24.0 Å². The number of ketones is 1. The number of rotatable bonds is 8. The number of nitrogens with zero attached hydrogens (tertiary/aromatic N) is 5. The van der Waals surface area contributed by atoms with E-state index in [1.807, 2.05) is 153 Å². The van der Waals surface area contributed by atoms with Crippen LogP contribution in [0.4, 0.5) is 0 Å². The normalized spacial score (nSPS) is 11.0. The third kappa shape index (κ3) is 19.9. The number of carbonyl (C=O) groups is 1. The number of fused-ring (bicyclic) bond motifs is 2. The van der Waals surface area contributed by atoms with Crippen LogP contribution in [0.5, 0.6) is 0 Å². The number of benzene rings is 7. The second-order valence-corrected chi connectivity index (χ2v) is 20.0. The SMILES string of the molecule is CC(=O)C=C(C)O.Cc1cc(-c2[c-]cccc2)ncc1-c1ccccc1.Cc1cc(-c2ccccn2)[c-]cc1-c1ccccc1.[2H]c1c([2H])c([2H])c(-c2cnc(-c3nccc4ccccc34)cc2C)c([2H])c1[2H].[Ir].[Ir].[Ir].[Ir].[c-]1c(-c2ccccn2)sc2ccccc12. The van der Waals surface area contributed by atoms with Crippen LogP contribution in [0.3, 0.4) is 0 Å². The van der Waals surface area contributed by atoms with Gasteiger partial charge >= 0.3 is 0 Å². The number of thiophene rings is 1. The first-order chi connectivity index (χ1) is 42.6. The smallest absolute Gasteiger partial charge is 0.155 e. The van der Waals surface area contributed by atoms with Crippen LogP contribution >= 0.6 is 11.3 Å². The Morgan fingerprint density at radius 2 is 1.07 bits per heavy atom. The number of hydrogen-bond donors (Lipinski definition) is 1. The van der Waals surface area contributed by atoms with Gasteiger partial charge in [-0.2, -0.15) is 0 Å². The average molecular weight is 1870 g/mol. The molecule has 6 heterocycles. The molecule has 6 aromatic heterocycles. The van der Waals surface area contributed by atoms with Gasteiger partial charge in [-0.3, -0.25) is 14.8 Å². The van der Waals surface area contributed by atoms with E-state index in [-0.39, 0.29) is 122 Å². The van der Waals surface area contributed by atoms with Crippen LogP contribution < -0.4 is 0 Å². The van der Waals surface area contributed by atoms with Crippen LogP contribution in [0.25, 0.3) is 98.7 Å². The van der Waals surface area contributed by atoms with Gasteiger partial charge in [-0.25, -0.2) is 11.3 Å². The summed E-state index contributed by atoms with van der Waals surface area (Å²) in [6.45, 7) is 8.94. The molecule has 7 aromatic carbocycles. The molecule has 0 bridgehead atoms. The molecule has 12 heteroatoms. The van der Waals surface area contributed by atoms with Crippen LogP contribution in [0.1, 0.15) is 37.4 Å². The molecule has 13 rings (SSSR count). The van der Waals surface area contributed by atoms with E-state index < -0.39 is 6.04 Å². The second-order valence-electron chi connectivity index (χ2n) is 19.0. The van der Waals surface area contributed by atoms with Crippen molar-refractivity contribution in [1.29, 1.82) is 0 Å². The van der Waals surface area contributed by atoms with Crippen LogP contribution in [0, 0.1) is 39.0 Å². The molecule has 0 amide bonds. The zero-order valence-corrected chi connectivity index (χ0v) is 58.2. The van der Waals surface area contributed by atoms with Gasteiger partial charge in [0.1, 0.15) is 0 Å². The molecule has 0 aliphatic rings. The summed E-state index contributed by atoms with van der Waals surface area (Å²) in [5.74, 6) is -0.0625. The Labute approximate surface area is 575 Å². The Balaban J connectivity index is 0.000000216. The van der Waals surface area contributed by atoms with Gasteiger partial charge in [-0.05, 0) is 101 Å². The molecular weight excluding hydrogens is 1800 g/mol. The summed E-state index contributed by atoms with van der Waals surface area (Å²) in [7, 11) is 0. The Morgan fingerprint density at radius 3 is 1.66 bits per heavy atom. The van der Waals surface area contributed by atoms with Gasteiger partial charge in [-0.1, -0.05) is 176 Å². The Morgan fingerprint density at radius 1 is 0.506 bits per heavy atom. The van der Waals surface area contributed by atoms with Crippen LogP contribution in [-0.4, -0.2) is 35.8 Å². The number of allylic oxidation sites excluding steroid dienone is 2. The third-order valence-electron chi connectivity index (χ3n) is 12.8. The average Bonchev–Trinajstić information content (AvgIpc) is 0.973. The molecule has 0 aliphatic heterocycles. The molecule has 0 aliphatic carbocycles. The van der Waals surface area contributed by atoms with Crippen LogP contribution in [-0.2, 0) is 85.2 Å². The second kappa shape index (κ2) is 35.8. The molecular formula is C75H60Ir4N5O2S-3. The fourth-order valence-electron chi connectivity index (χ4n) is 8.85. The predicted octanol–water partition coefficient (Wildman–Crippen LogP) is 19.1. The summed E-state index contributed by atoms with van der Waals surface area (Å²) in [5.41, 5.74) is 15.2. The van der Waals surface area contributed by atoms with Crippen molar-refractivity contribution in [2.75, 3.05) is 0 Å². The minimum atomic E-state index is -0.402. The maximum atomic E-state index is 10.0. The first-order valence-electron chi connectivity index (χ1n) is 29.2. The van der Waals surface area contributed by atoms with Crippen LogP contribution in [0.15, 0.2) is 273 Å². The number of carbonyl (C=O) groups excluding carboxylic acids is 1. The summed E-state index contributed by atoms with van der Waals surface area (Å²) in [6, 6.07) is 75.1. The number of pyridine rings is 5. The molecule has 0 saturated carbocycles. The first kappa shape index (κ1) is 62.4. The van der Waals surface area contributed by atoms with Crippen molar-refractivity contribution in [2.45, 2.75) is 34.6 Å². The van der Waals surface area contributed by atoms with Gasteiger partial charge in [0.25, 0.3) is 0 Å². The Hall–Kier alpha value is -7.68. The molecule has 0 atom stereocenters. The van der Waals surface area contributed by atoms with E-state index >= 15 is 0 Å². The number of aryl methyl sites for hydroxylation is 3. The minimum absolute atomic E-state index is 0. The standard InChI is InChI=1S/C21H16N2.2C18H14N.C13H8NS.C5H8O2.4Ir/c1-15-13-20(23-14-19(15)16-7-3-2-4-8-16)21-18-10-6-5-9-17(18)11-12-22-21;1-14-12-18(16-10-6-3-7-11-16)19-13-17(14)15-8-4-2-5-9-15;1-14-13-16(18-9-5-6-12-19-18)10-11-17(14)15-7-3-2-4-8-15;1-2-7-12-10(5-1)9-13(15-12)11-6-3-4-8-14-11;1-4(6)3-5(2)7;;;;/h2-14H,1H3;2-10,12-13H,1H3;2-9,11-13H,1H3;1-8H;3,6H,1-2H3;;;;/q;3*-1;;;;;/i2D,3D,4D,7D,8D;;;;;;;;. The van der Waals surface area contributed by atoms with Crippen molar-refractivity contribution < 1.29 is 97.2 Å². The van der Waals surface area contributed by atoms with Gasteiger partial charge in [-0.15, -0.1) is 88.8 Å². The van der Waals surface area contributed by atoms with Gasteiger partial charge in [0.15, 0.2) is 5.78 Å². The molecule has 0 fully saturated rings. The van der Waals surface area contributed by atoms with E-state index in [2.05, 4.69) is 130 Å². The third-order valence-corrected chi connectivity index (χ3v) is 13.9. The molecule has 7 nitrogen and oxygen atoms in total. The number of aliphatic hydroxyl groups excluding tert-OH is 1. The predicted molar refractivity (Wildman–Crippen MR) is 343 cm³/mol. The maximum absolute atomic E-state index is 10.0. The van der Waals surface area contributed by atoms with E-state index in [1.54, 1.807) is 23.7 Å². The van der Waals surface area contributed by atoms with Gasteiger partial charge < -0.3 is 20.1 Å². The Bertz CT molecular complexity index is 4360. The molecule has 0 unspecified atom stereocenters. The fourth-order valence-corrected chi connectivity index (χ4v) is 9.84. The van der Waals surface area contributed by atoms with Crippen molar-refractivity contribution in [3.63, 3.8) is 0 Å². The zero-order valence-electron chi connectivity index (χ0n) is 52.8. The molecule has 442 valence electrons. The quantitative estimate of drug-likeness (QED) is 0.0918. The summed E-state index contributed by atoms with van der Waals surface area (Å²) in [5, 5.41) is 11.6. The minimum Gasteiger partial charge on any atom is -0.512 e. The number of aliphatic hydroxyl groups is 1. The largest absolute Gasteiger partial charge is 0.512 e. The van der Waals surface area contributed by atoms with E-state index in [4.69, 9.17) is 12.0 Å². The number of hydrogen-bond acceptors (Lipinski definition) is 8. The summed E-state index contributed by atoms with van der Waals surface area (Å²) in [4.78, 5) is 33.3. The van der Waals surface area contributed by atoms with E-state index in [1.165, 1.54) is 63.4 Å². The van der Waals surface area contributed by atoms with Gasteiger partial charge in [0, 0.05) is 140 Å². The van der Waals surface area contributed by atoms with Crippen molar-refractivity contribution in [3.8, 4) is 77.9 Å². The van der Waals surface area contributed by atoms with E-state index in [9.17, 15) is 4.79 Å². The zero-order chi connectivity index (χ0) is 62.1. The van der Waals surface area contributed by atoms with Gasteiger partial charge in [0.2, 0.25) is 0 Å². The fraction of sp³-hybridized carbons (Fsp3) is 0.0667. The van der Waals surface area contributed by atoms with Crippen molar-refractivity contribution in [1.82, 2.24) is 24.9 Å². The first-order valence-corrected chi connectivity index (χ1v) is 27.5. The van der Waals surface area contributed by atoms with Crippen molar-refractivity contribution >= 4 is 38.0 Å². The molecule has 0 spiro atoms. The number of aromatic nitrogens is 5. The monoisotopic (exact) mass is 1870 g/mol. The molecule has 13 aromatic rings. The summed E-state index contributed by atoms with van der Waals surface area (Å²) in [6.07, 6.45) is 10.0. The van der Waals surface area contributed by atoms with E-state index in [0.29, 0.717) is 11.3 Å². The topological polar surface area (TPSA) is 102 Å². The summed E-state index contributed by atoms with van der Waals surface area (Å²) >= 11 is 1.73. The molecule has 87 heavy (non-hydrogen) atoms. The van der Waals surface area contributed by atoms with E-state index in [0.717, 1.165) is 55.1 Å². The molecule has 4 radical (unpaired) electrons. The maximum Gasteiger partial charge on any atom is 0.155 e. The molecule has 1 N–H and O–H groups in total.